The molecule has 0 saturated carbocycles. The zero-order valence-electron chi connectivity index (χ0n) is 6.67. The number of hydrogen-bond acceptors (Lipinski definition) is 4. The molecule has 0 fully saturated rings. The van der Waals surface area contributed by atoms with Crippen LogP contribution in [-0.2, 0) is 4.74 Å². The van der Waals surface area contributed by atoms with Crippen molar-refractivity contribution >= 4 is 17.6 Å². The van der Waals surface area contributed by atoms with Gasteiger partial charge in [-0.25, -0.2) is 14.8 Å². The fourth-order valence-corrected chi connectivity index (χ4v) is 0.941. The Morgan fingerprint density at radius 2 is 2.33 bits per heavy atom. The first-order valence-corrected chi connectivity index (χ1v) is 3.60. The second kappa shape index (κ2) is 3.49. The minimum atomic E-state index is -0.576. The van der Waals surface area contributed by atoms with E-state index in [1.807, 2.05) is 0 Å². The predicted molar refractivity (Wildman–Crippen MR) is 43.1 cm³/mol. The number of aromatic nitrogens is 2. The van der Waals surface area contributed by atoms with Gasteiger partial charge in [-0.15, -0.1) is 0 Å². The van der Waals surface area contributed by atoms with Gasteiger partial charge in [0.2, 0.25) is 0 Å². The number of hydrogen-bond donors (Lipinski definition) is 0. The third-order valence-corrected chi connectivity index (χ3v) is 1.49. The first-order valence-electron chi connectivity index (χ1n) is 3.22. The number of esters is 1. The molecule has 0 unspecified atom stereocenters. The summed E-state index contributed by atoms with van der Waals surface area (Å²) >= 11 is 5.63. The number of nitrogens with zero attached hydrogens (tertiary/aromatic N) is 2. The van der Waals surface area contributed by atoms with Gasteiger partial charge in [-0.1, -0.05) is 11.6 Å². The number of rotatable bonds is 1. The normalized spacial score (nSPS) is 9.58. The summed E-state index contributed by atoms with van der Waals surface area (Å²) in [6.07, 6.45) is 1.46. The van der Waals surface area contributed by atoms with Crippen LogP contribution in [0.5, 0.6) is 0 Å². The Kier molecular flexibility index (Phi) is 2.60. The molecule has 0 aliphatic carbocycles. The third kappa shape index (κ3) is 1.71. The summed E-state index contributed by atoms with van der Waals surface area (Å²) < 4.78 is 4.43. The second-order valence-electron chi connectivity index (χ2n) is 2.14. The lowest BCUT2D eigenvalue weighted by Gasteiger charge is -1.99. The van der Waals surface area contributed by atoms with Gasteiger partial charge in [0, 0.05) is 6.20 Å². The molecule has 1 rings (SSSR count). The van der Waals surface area contributed by atoms with Gasteiger partial charge in [-0.05, 0) is 6.92 Å². The summed E-state index contributed by atoms with van der Waals surface area (Å²) in [7, 11) is 1.26. The molecule has 64 valence electrons. The lowest BCUT2D eigenvalue weighted by molar-refractivity contribution is 0.0593. The SMILES string of the molecule is COC(=O)c1ncc(C)nc1Cl. The highest BCUT2D eigenvalue weighted by molar-refractivity contribution is 6.32. The molecule has 12 heavy (non-hydrogen) atoms. The largest absolute Gasteiger partial charge is 0.464 e. The van der Waals surface area contributed by atoms with Crippen molar-refractivity contribution in [2.24, 2.45) is 0 Å². The average molecular weight is 187 g/mol. The van der Waals surface area contributed by atoms with Crippen LogP contribution in [-0.4, -0.2) is 23.0 Å². The van der Waals surface area contributed by atoms with Gasteiger partial charge in [0.15, 0.2) is 10.8 Å². The second-order valence-corrected chi connectivity index (χ2v) is 2.50. The minimum absolute atomic E-state index is 0.0461. The van der Waals surface area contributed by atoms with Crippen LogP contribution in [0, 0.1) is 6.92 Å². The van der Waals surface area contributed by atoms with Gasteiger partial charge >= 0.3 is 5.97 Å². The standard InChI is InChI=1S/C7H7ClN2O2/c1-4-3-9-5(6(8)10-4)7(11)12-2/h3H,1-2H3. The lowest BCUT2D eigenvalue weighted by Crippen LogP contribution is -2.06. The van der Waals surface area contributed by atoms with Crippen LogP contribution >= 0.6 is 11.6 Å². The number of ether oxygens (including phenoxy) is 1. The molecule has 0 atom stereocenters. The van der Waals surface area contributed by atoms with E-state index in [4.69, 9.17) is 11.6 Å². The maximum atomic E-state index is 10.9. The highest BCUT2D eigenvalue weighted by Gasteiger charge is 2.12. The quantitative estimate of drug-likeness (QED) is 0.619. The topological polar surface area (TPSA) is 52.1 Å². The van der Waals surface area contributed by atoms with Crippen LogP contribution in [0.3, 0.4) is 0 Å². The smallest absolute Gasteiger partial charge is 0.359 e. The zero-order chi connectivity index (χ0) is 9.14. The summed E-state index contributed by atoms with van der Waals surface area (Å²) in [5.74, 6) is -0.576. The number of carbonyl (C=O) groups is 1. The number of halogens is 1. The van der Waals surface area contributed by atoms with E-state index < -0.39 is 5.97 Å². The van der Waals surface area contributed by atoms with E-state index in [9.17, 15) is 4.79 Å². The van der Waals surface area contributed by atoms with Crippen molar-refractivity contribution in [3.63, 3.8) is 0 Å². The van der Waals surface area contributed by atoms with Gasteiger partial charge in [0.25, 0.3) is 0 Å². The lowest BCUT2D eigenvalue weighted by atomic mass is 10.4. The van der Waals surface area contributed by atoms with Gasteiger partial charge < -0.3 is 4.74 Å². The molecule has 0 N–H and O–H groups in total. The first kappa shape index (κ1) is 8.93. The van der Waals surface area contributed by atoms with Crippen LogP contribution in [0.15, 0.2) is 6.20 Å². The van der Waals surface area contributed by atoms with Crippen LogP contribution < -0.4 is 0 Å². The van der Waals surface area contributed by atoms with E-state index in [1.54, 1.807) is 6.92 Å². The maximum absolute atomic E-state index is 10.9. The van der Waals surface area contributed by atoms with E-state index in [-0.39, 0.29) is 10.8 Å². The van der Waals surface area contributed by atoms with E-state index in [1.165, 1.54) is 13.3 Å². The van der Waals surface area contributed by atoms with Crippen molar-refractivity contribution in [2.75, 3.05) is 7.11 Å². The fraction of sp³-hybridized carbons (Fsp3) is 0.286. The Labute approximate surface area is 74.5 Å². The van der Waals surface area contributed by atoms with Crippen molar-refractivity contribution in [1.82, 2.24) is 9.97 Å². The molecule has 0 bridgehead atoms. The molecule has 0 radical (unpaired) electrons. The molecule has 1 aromatic rings. The Morgan fingerprint density at radius 3 is 2.83 bits per heavy atom. The van der Waals surface area contributed by atoms with Gasteiger partial charge in [-0.3, -0.25) is 0 Å². The van der Waals surface area contributed by atoms with Crippen molar-refractivity contribution in [1.29, 1.82) is 0 Å². The van der Waals surface area contributed by atoms with Crippen molar-refractivity contribution in [3.05, 3.63) is 22.7 Å². The summed E-state index contributed by atoms with van der Waals surface area (Å²) in [6, 6.07) is 0. The molecular weight excluding hydrogens is 180 g/mol. The maximum Gasteiger partial charge on any atom is 0.359 e. The molecule has 0 aliphatic heterocycles. The summed E-state index contributed by atoms with van der Waals surface area (Å²) in [5, 5.41) is 0.0712. The van der Waals surface area contributed by atoms with Gasteiger partial charge in [-0.2, -0.15) is 0 Å². The molecule has 0 spiro atoms. The summed E-state index contributed by atoms with van der Waals surface area (Å²) in [4.78, 5) is 18.6. The molecule has 0 saturated heterocycles. The Hall–Kier alpha value is -1.16. The summed E-state index contributed by atoms with van der Waals surface area (Å²) in [5.41, 5.74) is 0.706. The van der Waals surface area contributed by atoms with E-state index in [0.717, 1.165) is 0 Å². The van der Waals surface area contributed by atoms with Crippen molar-refractivity contribution < 1.29 is 9.53 Å². The minimum Gasteiger partial charge on any atom is -0.464 e. The molecule has 0 aromatic carbocycles. The molecule has 0 amide bonds. The molecule has 4 nitrogen and oxygen atoms in total. The zero-order valence-corrected chi connectivity index (χ0v) is 7.42. The molecule has 1 aromatic heterocycles. The third-order valence-electron chi connectivity index (χ3n) is 1.23. The highest BCUT2D eigenvalue weighted by Crippen LogP contribution is 2.10. The van der Waals surface area contributed by atoms with Crippen LogP contribution in [0.1, 0.15) is 16.2 Å². The van der Waals surface area contributed by atoms with Gasteiger partial charge in [0.1, 0.15) is 0 Å². The highest BCUT2D eigenvalue weighted by atomic mass is 35.5. The summed E-state index contributed by atoms with van der Waals surface area (Å²) in [6.45, 7) is 1.74. The predicted octanol–water partition coefficient (Wildman–Crippen LogP) is 1.23. The Morgan fingerprint density at radius 1 is 1.67 bits per heavy atom. The molecule has 0 aliphatic rings. The van der Waals surface area contributed by atoms with Crippen molar-refractivity contribution in [2.45, 2.75) is 6.92 Å². The molecule has 1 heterocycles. The molecular formula is C7H7ClN2O2. The van der Waals surface area contributed by atoms with Crippen LogP contribution in [0.4, 0.5) is 0 Å². The van der Waals surface area contributed by atoms with Gasteiger partial charge in [0.05, 0.1) is 12.8 Å². The number of methoxy groups -OCH3 is 1. The Bertz CT molecular complexity index is 314. The van der Waals surface area contributed by atoms with Crippen LogP contribution in [0.25, 0.3) is 0 Å². The van der Waals surface area contributed by atoms with E-state index in [0.29, 0.717) is 5.69 Å². The fourth-order valence-electron chi connectivity index (χ4n) is 0.681. The average Bonchev–Trinajstić information content (AvgIpc) is 2.03. The molecule has 5 heteroatoms. The Balaban J connectivity index is 3.09. The number of carbonyl (C=O) groups excluding carboxylic acids is 1. The van der Waals surface area contributed by atoms with E-state index in [2.05, 4.69) is 14.7 Å². The van der Waals surface area contributed by atoms with Crippen LogP contribution in [0.2, 0.25) is 5.15 Å². The first-order chi connectivity index (χ1) is 5.65. The van der Waals surface area contributed by atoms with Crippen molar-refractivity contribution in [3.8, 4) is 0 Å². The van der Waals surface area contributed by atoms with E-state index >= 15 is 0 Å². The number of aryl methyl sites for hydroxylation is 1. The monoisotopic (exact) mass is 186 g/mol.